The lowest BCUT2D eigenvalue weighted by molar-refractivity contribution is -0.115. The number of amides is 1. The van der Waals surface area contributed by atoms with Gasteiger partial charge < -0.3 is 20.3 Å². The Bertz CT molecular complexity index is 2010. The normalized spacial score (nSPS) is 14.8. The highest BCUT2D eigenvalue weighted by molar-refractivity contribution is 7.88. The van der Waals surface area contributed by atoms with E-state index >= 15 is 0 Å². The molecule has 14 nitrogen and oxygen atoms in total. The molecule has 15 heteroatoms. The Morgan fingerprint density at radius 3 is 2.38 bits per heavy atom. The van der Waals surface area contributed by atoms with Crippen LogP contribution in [0.2, 0.25) is 0 Å². The summed E-state index contributed by atoms with van der Waals surface area (Å²) in [4.78, 5) is 23.6. The second kappa shape index (κ2) is 13.3. The van der Waals surface area contributed by atoms with E-state index in [0.29, 0.717) is 79.0 Å². The van der Waals surface area contributed by atoms with Gasteiger partial charge in [0.25, 0.3) is 0 Å². The van der Waals surface area contributed by atoms with Gasteiger partial charge in [0.05, 0.1) is 29.4 Å². The third-order valence-corrected chi connectivity index (χ3v) is 9.44. The van der Waals surface area contributed by atoms with Gasteiger partial charge in [0.15, 0.2) is 5.65 Å². The average Bonchev–Trinajstić information content (AvgIpc) is 3.68. The van der Waals surface area contributed by atoms with Gasteiger partial charge in [0.2, 0.25) is 15.9 Å². The minimum atomic E-state index is -3.15. The number of nitrogens with zero attached hydrogens (tertiary/aromatic N) is 7. The average molecular weight is 674 g/mol. The second-order valence-electron chi connectivity index (χ2n) is 12.8. The third kappa shape index (κ3) is 7.48. The molecule has 5 aromatic rings. The first-order valence-corrected chi connectivity index (χ1v) is 17.5. The monoisotopic (exact) mass is 673 g/mol. The summed E-state index contributed by atoms with van der Waals surface area (Å²) in [5.41, 5.74) is 10.0. The predicted molar refractivity (Wildman–Crippen MR) is 182 cm³/mol. The SMILES string of the molecule is CC(C)(C)c1cc(CC(=O)Nc2ccc(-n3nc(-c4ccc(OCCN5CCN(S(C)(=O)=O)CC5)cc4)c4c(N)ncnc43)cc2)no1. The highest BCUT2D eigenvalue weighted by atomic mass is 32.2. The molecule has 48 heavy (non-hydrogen) atoms. The highest BCUT2D eigenvalue weighted by Crippen LogP contribution is 2.33. The molecule has 3 N–H and O–H groups in total. The molecule has 1 aliphatic heterocycles. The quantitative estimate of drug-likeness (QED) is 0.222. The zero-order valence-electron chi connectivity index (χ0n) is 27.4. The van der Waals surface area contributed by atoms with Crippen LogP contribution in [0.25, 0.3) is 28.0 Å². The fraction of sp³-hybridized carbons (Fsp3) is 0.364. The Labute approximate surface area is 278 Å². The summed E-state index contributed by atoms with van der Waals surface area (Å²) in [6.07, 6.45) is 2.75. The first-order valence-electron chi connectivity index (χ1n) is 15.6. The Morgan fingerprint density at radius 2 is 1.73 bits per heavy atom. The lowest BCUT2D eigenvalue weighted by Crippen LogP contribution is -2.49. The van der Waals surface area contributed by atoms with Crippen LogP contribution in [0.5, 0.6) is 5.75 Å². The number of aromatic nitrogens is 5. The number of ether oxygens (including phenoxy) is 1. The van der Waals surface area contributed by atoms with Gasteiger partial charge in [-0.05, 0) is 48.5 Å². The zero-order chi connectivity index (χ0) is 34.1. The molecule has 6 rings (SSSR count). The highest BCUT2D eigenvalue weighted by Gasteiger charge is 2.24. The second-order valence-corrected chi connectivity index (χ2v) is 14.8. The molecule has 0 aliphatic carbocycles. The number of hydrogen-bond acceptors (Lipinski definition) is 11. The largest absolute Gasteiger partial charge is 0.492 e. The van der Waals surface area contributed by atoms with Crippen molar-refractivity contribution in [2.75, 3.05) is 56.6 Å². The van der Waals surface area contributed by atoms with Gasteiger partial charge in [-0.15, -0.1) is 0 Å². The van der Waals surface area contributed by atoms with Gasteiger partial charge in [0.1, 0.15) is 36.0 Å². The van der Waals surface area contributed by atoms with Gasteiger partial charge in [-0.25, -0.2) is 23.1 Å². The summed E-state index contributed by atoms with van der Waals surface area (Å²) in [6.45, 7) is 9.58. The molecule has 0 atom stereocenters. The molecular formula is C33H39N9O5S. The molecule has 0 spiro atoms. The fourth-order valence-corrected chi connectivity index (χ4v) is 6.27. The molecule has 1 aliphatic rings. The summed E-state index contributed by atoms with van der Waals surface area (Å²) < 4.78 is 38.1. The molecule has 0 saturated carbocycles. The zero-order valence-corrected chi connectivity index (χ0v) is 28.2. The molecule has 1 amide bonds. The standard InChI is InChI=1S/C33H39N9O5S/c1-33(2,3)27-19-24(39-47-27)20-28(43)37-23-7-9-25(10-8-23)42-32-29(31(34)35-21-36-32)30(38-42)22-5-11-26(12-6-22)46-18-17-40-13-15-41(16-14-40)48(4,44)45/h5-12,19,21H,13-18,20H2,1-4H3,(H,37,43)(H2,34,35,36). The van der Waals surface area contributed by atoms with Crippen LogP contribution in [0.1, 0.15) is 32.2 Å². The lowest BCUT2D eigenvalue weighted by Gasteiger charge is -2.33. The van der Waals surface area contributed by atoms with Crippen molar-refractivity contribution in [2.45, 2.75) is 32.6 Å². The first kappa shape index (κ1) is 33.1. The molecule has 1 fully saturated rings. The maximum atomic E-state index is 12.7. The first-order chi connectivity index (χ1) is 22.8. The fourth-order valence-electron chi connectivity index (χ4n) is 5.45. The van der Waals surface area contributed by atoms with E-state index in [1.807, 2.05) is 63.2 Å². The number of sulfonamides is 1. The van der Waals surface area contributed by atoms with Crippen molar-refractivity contribution in [1.82, 2.24) is 34.1 Å². The summed E-state index contributed by atoms with van der Waals surface area (Å²) >= 11 is 0. The minimum Gasteiger partial charge on any atom is -0.492 e. The molecule has 1 saturated heterocycles. The van der Waals surface area contributed by atoms with Gasteiger partial charge in [-0.1, -0.05) is 25.9 Å². The molecule has 3 aromatic heterocycles. The maximum Gasteiger partial charge on any atom is 0.230 e. The van der Waals surface area contributed by atoms with Crippen molar-refractivity contribution in [1.29, 1.82) is 0 Å². The minimum absolute atomic E-state index is 0.0963. The summed E-state index contributed by atoms with van der Waals surface area (Å²) in [7, 11) is -3.15. The van der Waals surface area contributed by atoms with Gasteiger partial charge in [-0.2, -0.15) is 9.40 Å². The van der Waals surface area contributed by atoms with Crippen LogP contribution in [0.3, 0.4) is 0 Å². The Morgan fingerprint density at radius 1 is 1.02 bits per heavy atom. The summed E-state index contributed by atoms with van der Waals surface area (Å²) in [6, 6.07) is 16.7. The van der Waals surface area contributed by atoms with Crippen LogP contribution in [0, 0.1) is 0 Å². The number of hydrogen-bond donors (Lipinski definition) is 2. The number of rotatable bonds is 10. The van der Waals surface area contributed by atoms with Crippen molar-refractivity contribution in [3.05, 3.63) is 72.4 Å². The number of nitrogen functional groups attached to an aromatic ring is 1. The molecule has 252 valence electrons. The number of piperazine rings is 1. The molecule has 2 aromatic carbocycles. The van der Waals surface area contributed by atoms with Gasteiger partial charge in [0, 0.05) is 55.5 Å². The molecule has 0 radical (unpaired) electrons. The topological polar surface area (TPSA) is 175 Å². The molecule has 0 unspecified atom stereocenters. The molecule has 0 bridgehead atoms. The smallest absolute Gasteiger partial charge is 0.230 e. The summed E-state index contributed by atoms with van der Waals surface area (Å²) in [5, 5.41) is 12.4. The number of nitrogens with one attached hydrogen (secondary N) is 1. The van der Waals surface area contributed by atoms with E-state index < -0.39 is 10.0 Å². The van der Waals surface area contributed by atoms with Crippen molar-refractivity contribution in [2.24, 2.45) is 0 Å². The van der Waals surface area contributed by atoms with Crippen molar-refractivity contribution >= 4 is 38.5 Å². The van der Waals surface area contributed by atoms with E-state index in [0.717, 1.165) is 17.0 Å². The Kier molecular flexibility index (Phi) is 9.18. The molecule has 4 heterocycles. The van der Waals surface area contributed by atoms with Crippen LogP contribution in [0.15, 0.2) is 65.4 Å². The number of anilines is 2. The van der Waals surface area contributed by atoms with Crippen LogP contribution >= 0.6 is 0 Å². The van der Waals surface area contributed by atoms with Crippen molar-refractivity contribution in [3.8, 4) is 22.7 Å². The number of carbonyl (C=O) groups excluding carboxylic acids is 1. The van der Waals surface area contributed by atoms with Crippen LogP contribution in [-0.2, 0) is 26.7 Å². The van der Waals surface area contributed by atoms with Crippen molar-refractivity contribution < 1.29 is 22.5 Å². The van der Waals surface area contributed by atoms with E-state index in [4.69, 9.17) is 20.1 Å². The number of nitrogens with two attached hydrogens (primary N) is 1. The number of benzene rings is 2. The maximum absolute atomic E-state index is 12.7. The number of fused-ring (bicyclic) bond motifs is 1. The van der Waals surface area contributed by atoms with Crippen LogP contribution in [-0.4, -0.2) is 94.0 Å². The molecular weight excluding hydrogens is 634 g/mol. The van der Waals surface area contributed by atoms with Crippen LogP contribution in [0.4, 0.5) is 11.5 Å². The van der Waals surface area contributed by atoms with E-state index in [2.05, 4.69) is 25.3 Å². The predicted octanol–water partition coefficient (Wildman–Crippen LogP) is 3.49. The van der Waals surface area contributed by atoms with E-state index in [1.54, 1.807) is 16.8 Å². The van der Waals surface area contributed by atoms with Crippen molar-refractivity contribution in [3.63, 3.8) is 0 Å². The van der Waals surface area contributed by atoms with Crippen LogP contribution < -0.4 is 15.8 Å². The number of carbonyl (C=O) groups is 1. The third-order valence-electron chi connectivity index (χ3n) is 8.13. The van der Waals surface area contributed by atoms with E-state index in [-0.39, 0.29) is 17.7 Å². The van der Waals surface area contributed by atoms with E-state index in [1.165, 1.54) is 16.9 Å². The lowest BCUT2D eigenvalue weighted by atomic mass is 9.93. The summed E-state index contributed by atoms with van der Waals surface area (Å²) in [5.74, 6) is 1.54. The van der Waals surface area contributed by atoms with E-state index in [9.17, 15) is 13.2 Å². The van der Waals surface area contributed by atoms with Gasteiger partial charge >= 0.3 is 0 Å². The Hall–Kier alpha value is -4.86. The Balaban J connectivity index is 1.11. The van der Waals surface area contributed by atoms with Gasteiger partial charge in [-0.3, -0.25) is 9.69 Å².